The molecule has 1 rings (SSSR count). The quantitative estimate of drug-likeness (QED) is 0.544. The van der Waals surface area contributed by atoms with Crippen LogP contribution in [0.3, 0.4) is 0 Å². The monoisotopic (exact) mass is 175 g/mol. The van der Waals surface area contributed by atoms with Crippen molar-refractivity contribution in [2.45, 2.75) is 6.17 Å². The summed E-state index contributed by atoms with van der Waals surface area (Å²) < 4.78 is 1.69. The molecule has 0 aliphatic carbocycles. The predicted octanol–water partition coefficient (Wildman–Crippen LogP) is 0.439. The minimum atomic E-state index is -0.125. The standard InChI is InChI=1S/C4H6BrN3/c5-8-2-1-7-3-4(8)6/h1-4H,6H2. The lowest BCUT2D eigenvalue weighted by Gasteiger charge is -2.17. The predicted molar refractivity (Wildman–Crippen MR) is 36.4 cm³/mol. The van der Waals surface area contributed by atoms with Crippen molar-refractivity contribution in [3.8, 4) is 0 Å². The molecule has 0 aromatic carbocycles. The molecule has 2 N–H and O–H groups in total. The molecule has 1 aliphatic heterocycles. The van der Waals surface area contributed by atoms with Gasteiger partial charge in [-0.3, -0.25) is 8.92 Å². The summed E-state index contributed by atoms with van der Waals surface area (Å²) in [6.45, 7) is 0. The van der Waals surface area contributed by atoms with Crippen LogP contribution in [-0.2, 0) is 0 Å². The number of nitrogens with two attached hydrogens (primary N) is 1. The molecule has 0 saturated carbocycles. The second-order valence-corrected chi connectivity index (χ2v) is 2.25. The largest absolute Gasteiger partial charge is 0.306 e. The molecule has 0 aromatic heterocycles. The Bertz CT molecular complexity index is 115. The van der Waals surface area contributed by atoms with E-state index in [1.54, 1.807) is 22.5 Å². The fourth-order valence-electron chi connectivity index (χ4n) is 0.403. The summed E-state index contributed by atoms with van der Waals surface area (Å²) in [6, 6.07) is 0. The van der Waals surface area contributed by atoms with Crippen LogP contribution in [0.15, 0.2) is 17.4 Å². The van der Waals surface area contributed by atoms with Gasteiger partial charge in [-0.05, 0) is 0 Å². The third kappa shape index (κ3) is 1.08. The molecule has 0 aromatic rings. The molecule has 3 nitrogen and oxygen atoms in total. The Morgan fingerprint density at radius 2 is 2.50 bits per heavy atom. The van der Waals surface area contributed by atoms with E-state index in [1.165, 1.54) is 0 Å². The minimum absolute atomic E-state index is 0.125. The van der Waals surface area contributed by atoms with Crippen molar-refractivity contribution in [2.75, 3.05) is 0 Å². The van der Waals surface area contributed by atoms with E-state index >= 15 is 0 Å². The van der Waals surface area contributed by atoms with Crippen LogP contribution < -0.4 is 5.73 Å². The number of nitrogens with zero attached hydrogens (tertiary/aromatic N) is 2. The highest BCUT2D eigenvalue weighted by Crippen LogP contribution is 2.03. The van der Waals surface area contributed by atoms with Gasteiger partial charge in [0.15, 0.2) is 0 Å². The molecule has 4 heteroatoms. The van der Waals surface area contributed by atoms with Gasteiger partial charge in [0.1, 0.15) is 6.17 Å². The Balaban J connectivity index is 2.59. The van der Waals surface area contributed by atoms with Crippen LogP contribution >= 0.6 is 16.1 Å². The first-order valence-corrected chi connectivity index (χ1v) is 2.91. The van der Waals surface area contributed by atoms with E-state index in [9.17, 15) is 0 Å². The first-order valence-electron chi connectivity index (χ1n) is 2.20. The Morgan fingerprint density at radius 1 is 1.75 bits per heavy atom. The van der Waals surface area contributed by atoms with Gasteiger partial charge in [-0.2, -0.15) is 0 Å². The maximum Gasteiger partial charge on any atom is 0.124 e. The SMILES string of the molecule is NC1C=NC=CN1Br. The molecule has 1 aliphatic rings. The van der Waals surface area contributed by atoms with Crippen molar-refractivity contribution in [1.29, 1.82) is 0 Å². The van der Waals surface area contributed by atoms with Crippen LogP contribution in [0.25, 0.3) is 0 Å². The zero-order chi connectivity index (χ0) is 5.98. The van der Waals surface area contributed by atoms with Gasteiger partial charge in [0, 0.05) is 18.6 Å². The number of aliphatic imine (C=N–C) groups is 1. The highest BCUT2D eigenvalue weighted by atomic mass is 79.9. The number of hydrogen-bond acceptors (Lipinski definition) is 3. The van der Waals surface area contributed by atoms with Crippen molar-refractivity contribution in [1.82, 2.24) is 3.93 Å². The Morgan fingerprint density at radius 3 is 2.88 bits per heavy atom. The molecular formula is C4H6BrN3. The van der Waals surface area contributed by atoms with Crippen LogP contribution in [0, 0.1) is 0 Å². The van der Waals surface area contributed by atoms with Crippen LogP contribution in [-0.4, -0.2) is 16.3 Å². The fraction of sp³-hybridized carbons (Fsp3) is 0.250. The Labute approximate surface area is 56.2 Å². The van der Waals surface area contributed by atoms with E-state index in [0.717, 1.165) is 0 Å². The second kappa shape index (κ2) is 2.28. The summed E-state index contributed by atoms with van der Waals surface area (Å²) in [5.41, 5.74) is 5.46. The third-order valence-electron chi connectivity index (χ3n) is 0.819. The summed E-state index contributed by atoms with van der Waals surface area (Å²) in [5, 5.41) is 0. The second-order valence-electron chi connectivity index (χ2n) is 1.43. The molecule has 0 saturated heterocycles. The van der Waals surface area contributed by atoms with E-state index in [4.69, 9.17) is 5.73 Å². The first kappa shape index (κ1) is 5.78. The van der Waals surface area contributed by atoms with Gasteiger partial charge >= 0.3 is 0 Å². The molecule has 0 bridgehead atoms. The zero-order valence-electron chi connectivity index (χ0n) is 4.16. The Hall–Kier alpha value is -0.350. The summed E-state index contributed by atoms with van der Waals surface area (Å²) in [6.07, 6.45) is 4.94. The van der Waals surface area contributed by atoms with Crippen molar-refractivity contribution < 1.29 is 0 Å². The van der Waals surface area contributed by atoms with Crippen LogP contribution in [0.5, 0.6) is 0 Å². The maximum atomic E-state index is 5.46. The van der Waals surface area contributed by atoms with Gasteiger partial charge in [-0.15, -0.1) is 0 Å². The summed E-state index contributed by atoms with van der Waals surface area (Å²) >= 11 is 3.18. The third-order valence-corrected chi connectivity index (χ3v) is 1.53. The lowest BCUT2D eigenvalue weighted by Crippen LogP contribution is -2.34. The first-order chi connectivity index (χ1) is 3.80. The number of halogens is 1. The lowest BCUT2D eigenvalue weighted by atomic mass is 10.5. The molecule has 1 heterocycles. The summed E-state index contributed by atoms with van der Waals surface area (Å²) in [7, 11) is 0. The van der Waals surface area contributed by atoms with Crippen LogP contribution in [0.4, 0.5) is 0 Å². The highest BCUT2D eigenvalue weighted by Gasteiger charge is 2.04. The van der Waals surface area contributed by atoms with Crippen molar-refractivity contribution >= 4 is 22.4 Å². The van der Waals surface area contributed by atoms with Gasteiger partial charge in [-0.1, -0.05) is 0 Å². The fourth-order valence-corrected chi connectivity index (χ4v) is 0.615. The van der Waals surface area contributed by atoms with E-state index in [1.807, 2.05) is 0 Å². The molecule has 0 radical (unpaired) electrons. The van der Waals surface area contributed by atoms with Crippen molar-refractivity contribution in [2.24, 2.45) is 10.7 Å². The van der Waals surface area contributed by atoms with Gasteiger partial charge < -0.3 is 5.73 Å². The van der Waals surface area contributed by atoms with E-state index < -0.39 is 0 Å². The zero-order valence-corrected chi connectivity index (χ0v) is 5.75. The normalized spacial score (nSPS) is 26.8. The van der Waals surface area contributed by atoms with Gasteiger partial charge in [-0.25, -0.2) is 0 Å². The van der Waals surface area contributed by atoms with Crippen LogP contribution in [0.2, 0.25) is 0 Å². The highest BCUT2D eigenvalue weighted by molar-refractivity contribution is 9.07. The Kier molecular flexibility index (Phi) is 1.65. The molecule has 0 amide bonds. The van der Waals surface area contributed by atoms with Gasteiger partial charge in [0.2, 0.25) is 0 Å². The maximum absolute atomic E-state index is 5.46. The smallest absolute Gasteiger partial charge is 0.124 e. The molecule has 1 unspecified atom stereocenters. The molecule has 1 atom stereocenters. The van der Waals surface area contributed by atoms with E-state index in [-0.39, 0.29) is 6.17 Å². The van der Waals surface area contributed by atoms with Gasteiger partial charge in [0.05, 0.1) is 16.1 Å². The lowest BCUT2D eigenvalue weighted by molar-refractivity contribution is 0.578. The average molecular weight is 176 g/mol. The van der Waals surface area contributed by atoms with E-state index in [2.05, 4.69) is 21.1 Å². The van der Waals surface area contributed by atoms with Crippen LogP contribution in [0.1, 0.15) is 0 Å². The summed E-state index contributed by atoms with van der Waals surface area (Å²) in [5.74, 6) is 0. The summed E-state index contributed by atoms with van der Waals surface area (Å²) in [4.78, 5) is 3.81. The molecule has 0 fully saturated rings. The minimum Gasteiger partial charge on any atom is -0.306 e. The number of hydrogen-bond donors (Lipinski definition) is 1. The van der Waals surface area contributed by atoms with E-state index in [0.29, 0.717) is 0 Å². The molecule has 44 valence electrons. The molecular weight excluding hydrogens is 170 g/mol. The average Bonchev–Trinajstić information content (AvgIpc) is 1.77. The number of rotatable bonds is 0. The van der Waals surface area contributed by atoms with Gasteiger partial charge in [0.25, 0.3) is 0 Å². The molecule has 8 heavy (non-hydrogen) atoms. The van der Waals surface area contributed by atoms with Crippen molar-refractivity contribution in [3.63, 3.8) is 0 Å². The van der Waals surface area contributed by atoms with Crippen molar-refractivity contribution in [3.05, 3.63) is 12.4 Å². The topological polar surface area (TPSA) is 41.6 Å². The molecule has 0 spiro atoms.